The van der Waals surface area contributed by atoms with Gasteiger partial charge in [0, 0.05) is 14.7 Å². The summed E-state index contributed by atoms with van der Waals surface area (Å²) in [5.41, 5.74) is 0.447. The first-order valence-corrected chi connectivity index (χ1v) is 13.0. The van der Waals surface area contributed by atoms with Crippen molar-refractivity contribution in [3.63, 3.8) is 0 Å². The maximum Gasteiger partial charge on any atom is 0.460 e. The van der Waals surface area contributed by atoms with Crippen molar-refractivity contribution in [1.82, 2.24) is 0 Å². The summed E-state index contributed by atoms with van der Waals surface area (Å²) in [5, 5.41) is -7.01. The molecule has 0 aromatic heterocycles. The molecular formula is C23H17F9O3S2. The number of alkyl halides is 9. The fourth-order valence-corrected chi connectivity index (χ4v) is 8.56. The predicted octanol–water partition coefficient (Wildman–Crippen LogP) is 7.96. The average Bonchev–Trinajstić information content (AvgIpc) is 2.82. The van der Waals surface area contributed by atoms with E-state index >= 15 is 0 Å². The highest BCUT2D eigenvalue weighted by molar-refractivity contribution is 8.33. The maximum atomic E-state index is 14.7. The van der Waals surface area contributed by atoms with Gasteiger partial charge in [-0.15, -0.1) is 0 Å². The molecule has 0 unspecified atom stereocenters. The molecule has 0 spiro atoms. The Morgan fingerprint density at radius 1 is 0.595 bits per heavy atom. The largest absolute Gasteiger partial charge is 0.460 e. The minimum absolute atomic E-state index is 0.129. The standard InChI is InChI=1S/C23H17F9O3S2/c1-16-9-8-14-19(15-16)36(17-10-4-2-5-11-17,18-12-6-3-7-13-18)35-37(33,34)23(31,32)21(26,27)20(24,25)22(28,29)30/h2-15H,1H3. The van der Waals surface area contributed by atoms with Crippen LogP contribution in [0, 0.1) is 6.92 Å². The van der Waals surface area contributed by atoms with E-state index in [0.29, 0.717) is 5.56 Å². The number of halogens is 9. The Morgan fingerprint density at radius 3 is 1.43 bits per heavy atom. The lowest BCUT2D eigenvalue weighted by atomic mass is 10.1. The van der Waals surface area contributed by atoms with E-state index in [1.165, 1.54) is 91.9 Å². The summed E-state index contributed by atoms with van der Waals surface area (Å²) >= 11 is 0. The predicted molar refractivity (Wildman–Crippen MR) is 117 cm³/mol. The van der Waals surface area contributed by atoms with Gasteiger partial charge >= 0.3 is 33.4 Å². The molecule has 3 rings (SSSR count). The molecule has 0 amide bonds. The molecule has 14 heteroatoms. The highest BCUT2D eigenvalue weighted by atomic mass is 32.3. The fourth-order valence-electron chi connectivity index (χ4n) is 3.24. The smallest absolute Gasteiger partial charge is 0.202 e. The third-order valence-electron chi connectivity index (χ3n) is 5.09. The lowest BCUT2D eigenvalue weighted by Crippen LogP contribution is -2.63. The Morgan fingerprint density at radius 2 is 1.03 bits per heavy atom. The molecule has 0 bridgehead atoms. The van der Waals surface area contributed by atoms with Crippen LogP contribution >= 0.6 is 10.3 Å². The van der Waals surface area contributed by atoms with Crippen LogP contribution in [0.1, 0.15) is 5.56 Å². The van der Waals surface area contributed by atoms with Gasteiger partial charge in [0.05, 0.1) is 0 Å². The molecule has 3 aromatic carbocycles. The molecule has 0 aliphatic heterocycles. The lowest BCUT2D eigenvalue weighted by Gasteiger charge is -2.41. The van der Waals surface area contributed by atoms with Crippen molar-refractivity contribution in [3.8, 4) is 0 Å². The van der Waals surface area contributed by atoms with Gasteiger partial charge in [-0.25, -0.2) is 3.63 Å². The van der Waals surface area contributed by atoms with E-state index in [-0.39, 0.29) is 14.7 Å². The van der Waals surface area contributed by atoms with Crippen LogP contribution in [0.3, 0.4) is 0 Å². The normalized spacial score (nSPS) is 14.4. The van der Waals surface area contributed by atoms with E-state index in [4.69, 9.17) is 3.63 Å². The molecule has 0 saturated carbocycles. The highest BCUT2D eigenvalue weighted by Crippen LogP contribution is 2.71. The van der Waals surface area contributed by atoms with Crippen LogP contribution in [0.5, 0.6) is 0 Å². The molecule has 0 saturated heterocycles. The van der Waals surface area contributed by atoms with Crippen molar-refractivity contribution in [2.45, 2.75) is 44.9 Å². The summed E-state index contributed by atoms with van der Waals surface area (Å²) in [5.74, 6) is -14.8. The first kappa shape index (κ1) is 28.9. The van der Waals surface area contributed by atoms with Gasteiger partial charge in [-0.1, -0.05) is 48.5 Å². The van der Waals surface area contributed by atoms with E-state index in [1.807, 2.05) is 0 Å². The minimum Gasteiger partial charge on any atom is -0.202 e. The number of hydrogen-bond acceptors (Lipinski definition) is 3. The van der Waals surface area contributed by atoms with Crippen molar-refractivity contribution < 1.29 is 51.6 Å². The second-order valence-corrected chi connectivity index (χ2v) is 12.2. The van der Waals surface area contributed by atoms with Crippen LogP contribution in [0.15, 0.2) is 99.6 Å². The second kappa shape index (κ2) is 9.55. The van der Waals surface area contributed by atoms with Crippen LogP contribution < -0.4 is 0 Å². The van der Waals surface area contributed by atoms with Crippen molar-refractivity contribution in [1.29, 1.82) is 0 Å². The van der Waals surface area contributed by atoms with Crippen molar-refractivity contribution in [2.75, 3.05) is 0 Å². The second-order valence-electron chi connectivity index (χ2n) is 7.68. The van der Waals surface area contributed by atoms with Gasteiger partial charge in [-0.2, -0.15) is 47.9 Å². The van der Waals surface area contributed by atoms with Crippen molar-refractivity contribution in [3.05, 3.63) is 90.5 Å². The van der Waals surface area contributed by atoms with E-state index in [9.17, 15) is 47.9 Å². The first-order chi connectivity index (χ1) is 16.9. The third kappa shape index (κ3) is 4.70. The zero-order valence-corrected chi connectivity index (χ0v) is 20.2. The Hall–Kier alpha value is -2.71. The summed E-state index contributed by atoms with van der Waals surface area (Å²) in [4.78, 5) is -0.413. The Bertz CT molecular complexity index is 1310. The summed E-state index contributed by atoms with van der Waals surface area (Å²) in [6.45, 7) is 1.53. The number of hydrogen-bond donors (Lipinski definition) is 0. The third-order valence-corrected chi connectivity index (χ3v) is 10.3. The van der Waals surface area contributed by atoms with Crippen molar-refractivity contribution >= 4 is 20.4 Å². The van der Waals surface area contributed by atoms with Gasteiger partial charge in [-0.05, 0) is 59.2 Å². The molecule has 0 aliphatic rings. The van der Waals surface area contributed by atoms with E-state index < -0.39 is 43.7 Å². The van der Waals surface area contributed by atoms with Crippen LogP contribution in [0.25, 0.3) is 0 Å². The van der Waals surface area contributed by atoms with Crippen LogP contribution in [0.2, 0.25) is 0 Å². The first-order valence-electron chi connectivity index (χ1n) is 10.1. The molecule has 0 atom stereocenters. The van der Waals surface area contributed by atoms with Gasteiger partial charge in [-0.3, -0.25) is 0 Å². The van der Waals surface area contributed by atoms with Crippen LogP contribution in [0.4, 0.5) is 39.5 Å². The quantitative estimate of drug-likeness (QED) is 0.256. The van der Waals surface area contributed by atoms with Crippen LogP contribution in [-0.2, 0) is 13.7 Å². The number of aryl methyl sites for hydroxylation is 1. The summed E-state index contributed by atoms with van der Waals surface area (Å²) in [6, 6.07) is 18.6. The monoisotopic (exact) mass is 576 g/mol. The molecule has 0 radical (unpaired) electrons. The number of benzene rings is 3. The minimum atomic E-state index is -7.43. The Labute approximate surface area is 207 Å². The average molecular weight is 577 g/mol. The van der Waals surface area contributed by atoms with Gasteiger partial charge in [0.2, 0.25) is 0 Å². The Balaban J connectivity index is 2.36. The molecule has 3 nitrogen and oxygen atoms in total. The van der Waals surface area contributed by atoms with E-state index in [2.05, 4.69) is 0 Å². The molecule has 0 fully saturated rings. The van der Waals surface area contributed by atoms with Crippen LogP contribution in [-0.4, -0.2) is 31.7 Å². The molecule has 0 aliphatic carbocycles. The molecule has 202 valence electrons. The zero-order chi connectivity index (χ0) is 27.9. The van der Waals surface area contributed by atoms with Gasteiger partial charge in [0.15, 0.2) is 0 Å². The summed E-state index contributed by atoms with van der Waals surface area (Å²) < 4.78 is 153. The lowest BCUT2D eigenvalue weighted by molar-refractivity contribution is -0.382. The fraction of sp³-hybridized carbons (Fsp3) is 0.217. The molecule has 3 aromatic rings. The molecule has 0 N–H and O–H groups in total. The van der Waals surface area contributed by atoms with Gasteiger partial charge in [0.1, 0.15) is 0 Å². The highest BCUT2D eigenvalue weighted by Gasteiger charge is 2.86. The molecular weight excluding hydrogens is 559 g/mol. The van der Waals surface area contributed by atoms with Crippen molar-refractivity contribution in [2.24, 2.45) is 0 Å². The molecule has 37 heavy (non-hydrogen) atoms. The number of rotatable bonds is 8. The topological polar surface area (TPSA) is 43.4 Å². The summed E-state index contributed by atoms with van der Waals surface area (Å²) in [7, 11) is -11.2. The Kier molecular flexibility index (Phi) is 7.45. The maximum absolute atomic E-state index is 14.7. The summed E-state index contributed by atoms with van der Waals surface area (Å²) in [6.07, 6.45) is -7.20. The van der Waals surface area contributed by atoms with E-state index in [0.717, 1.165) is 0 Å². The van der Waals surface area contributed by atoms with Gasteiger partial charge < -0.3 is 0 Å². The zero-order valence-electron chi connectivity index (χ0n) is 18.5. The molecule has 0 heterocycles. The van der Waals surface area contributed by atoms with E-state index in [1.54, 1.807) is 0 Å². The van der Waals surface area contributed by atoms with Gasteiger partial charge in [0.25, 0.3) is 0 Å². The SMILES string of the molecule is Cc1cccc(S(OS(=O)(=O)C(F)(F)C(F)(F)C(F)(F)C(F)(F)F)(c2ccccc2)c2ccccc2)c1.